The number of carbonyl (C=O) groups is 1. The average molecular weight is 201 g/mol. The molecule has 14 heavy (non-hydrogen) atoms. The number of nitrogens with zero attached hydrogens (tertiary/aromatic N) is 1. The molecule has 2 saturated heterocycles. The predicted octanol–water partition coefficient (Wildman–Crippen LogP) is 0.749. The summed E-state index contributed by atoms with van der Waals surface area (Å²) in [6.07, 6.45) is 0.774. The van der Waals surface area contributed by atoms with Crippen molar-refractivity contribution in [3.63, 3.8) is 0 Å². The molecule has 0 bridgehead atoms. The van der Waals surface area contributed by atoms with Crippen molar-refractivity contribution in [3.05, 3.63) is 0 Å². The summed E-state index contributed by atoms with van der Waals surface area (Å²) in [6.45, 7) is 2.54. The molecule has 0 atom stereocenters. The smallest absolute Gasteiger partial charge is 0.407 e. The van der Waals surface area contributed by atoms with Gasteiger partial charge in [-0.25, -0.2) is 4.79 Å². The first-order valence-corrected chi connectivity index (χ1v) is 4.98. The van der Waals surface area contributed by atoms with Crippen LogP contribution in [0, 0.1) is 5.92 Å². The van der Waals surface area contributed by atoms with Crippen LogP contribution in [-0.4, -0.2) is 48.7 Å². The van der Waals surface area contributed by atoms with Crippen molar-refractivity contribution in [1.29, 1.82) is 0 Å². The molecule has 0 spiro atoms. The first-order valence-electron chi connectivity index (χ1n) is 4.98. The summed E-state index contributed by atoms with van der Waals surface area (Å²) >= 11 is 0. The maximum Gasteiger partial charge on any atom is 0.407 e. The minimum absolute atomic E-state index is 0.0917. The zero-order valence-corrected chi connectivity index (χ0v) is 8.02. The molecule has 0 saturated carbocycles. The first kappa shape index (κ1) is 9.73. The molecule has 2 aliphatic rings. The van der Waals surface area contributed by atoms with Crippen molar-refractivity contribution in [2.45, 2.75) is 19.1 Å². The molecule has 5 heteroatoms. The molecular formula is C9H15NO4. The van der Waals surface area contributed by atoms with Crippen molar-refractivity contribution >= 4 is 6.09 Å². The van der Waals surface area contributed by atoms with Gasteiger partial charge in [0.1, 0.15) is 0 Å². The SMILES string of the molecule is O=C(O)N1CCC(C2OCCO2)CC1. The maximum absolute atomic E-state index is 10.6. The van der Waals surface area contributed by atoms with E-state index in [0.717, 1.165) is 12.8 Å². The third-order valence-corrected chi connectivity index (χ3v) is 2.84. The predicted molar refractivity (Wildman–Crippen MR) is 48.0 cm³/mol. The van der Waals surface area contributed by atoms with Crippen molar-refractivity contribution in [1.82, 2.24) is 4.90 Å². The molecule has 0 aromatic carbocycles. The molecule has 2 heterocycles. The van der Waals surface area contributed by atoms with Crippen LogP contribution in [0.3, 0.4) is 0 Å². The Kier molecular flexibility index (Phi) is 2.88. The topological polar surface area (TPSA) is 59.0 Å². The van der Waals surface area contributed by atoms with Gasteiger partial charge in [0.15, 0.2) is 6.29 Å². The second-order valence-corrected chi connectivity index (χ2v) is 3.72. The summed E-state index contributed by atoms with van der Waals surface area (Å²) in [6, 6.07) is 0. The van der Waals surface area contributed by atoms with Crippen LogP contribution in [0.1, 0.15) is 12.8 Å². The Hall–Kier alpha value is -0.810. The molecule has 2 rings (SSSR count). The molecule has 2 fully saturated rings. The summed E-state index contributed by atoms with van der Waals surface area (Å²) < 4.78 is 10.8. The van der Waals surface area contributed by atoms with E-state index in [2.05, 4.69) is 0 Å². The monoisotopic (exact) mass is 201 g/mol. The molecule has 80 valence electrons. The van der Waals surface area contributed by atoms with Gasteiger partial charge in [0.05, 0.1) is 13.2 Å². The van der Waals surface area contributed by atoms with E-state index in [1.165, 1.54) is 4.90 Å². The highest BCUT2D eigenvalue weighted by atomic mass is 16.7. The number of likely N-dealkylation sites (tertiary alicyclic amines) is 1. The van der Waals surface area contributed by atoms with Gasteiger partial charge in [-0.05, 0) is 12.8 Å². The van der Waals surface area contributed by atoms with Gasteiger partial charge in [0.2, 0.25) is 0 Å². The Bertz CT molecular complexity index is 207. The lowest BCUT2D eigenvalue weighted by molar-refractivity contribution is -0.0959. The minimum atomic E-state index is -0.822. The third-order valence-electron chi connectivity index (χ3n) is 2.84. The standard InChI is InChI=1S/C9H15NO4/c11-9(12)10-3-1-7(2-4-10)8-13-5-6-14-8/h7-8H,1-6H2,(H,11,12). The van der Waals surface area contributed by atoms with E-state index in [1.807, 2.05) is 0 Å². The Labute approximate surface area is 82.6 Å². The van der Waals surface area contributed by atoms with Crippen LogP contribution in [0.2, 0.25) is 0 Å². The fourth-order valence-corrected chi connectivity index (χ4v) is 2.01. The number of piperidine rings is 1. The summed E-state index contributed by atoms with van der Waals surface area (Å²) in [5.41, 5.74) is 0. The second kappa shape index (κ2) is 4.14. The van der Waals surface area contributed by atoms with Crippen molar-refractivity contribution in [2.75, 3.05) is 26.3 Å². The average Bonchev–Trinajstić information content (AvgIpc) is 2.71. The van der Waals surface area contributed by atoms with Gasteiger partial charge in [-0.1, -0.05) is 0 Å². The van der Waals surface area contributed by atoms with Crippen LogP contribution in [0.15, 0.2) is 0 Å². The fraction of sp³-hybridized carbons (Fsp3) is 0.889. The highest BCUT2D eigenvalue weighted by Crippen LogP contribution is 2.25. The zero-order chi connectivity index (χ0) is 9.97. The molecule has 0 aliphatic carbocycles. The quantitative estimate of drug-likeness (QED) is 0.680. The van der Waals surface area contributed by atoms with Gasteiger partial charge in [0.25, 0.3) is 0 Å². The number of carboxylic acid groups (broad SMARTS) is 1. The Morgan fingerprint density at radius 3 is 2.29 bits per heavy atom. The summed E-state index contributed by atoms with van der Waals surface area (Å²) in [5, 5.41) is 8.75. The van der Waals surface area contributed by atoms with E-state index in [-0.39, 0.29) is 6.29 Å². The Balaban J connectivity index is 1.80. The van der Waals surface area contributed by atoms with Crippen molar-refractivity contribution < 1.29 is 19.4 Å². The molecule has 1 amide bonds. The summed E-state index contributed by atoms with van der Waals surface area (Å²) in [7, 11) is 0. The summed E-state index contributed by atoms with van der Waals surface area (Å²) in [4.78, 5) is 12.1. The fourth-order valence-electron chi connectivity index (χ4n) is 2.01. The molecule has 0 unspecified atom stereocenters. The van der Waals surface area contributed by atoms with Gasteiger partial charge in [-0.3, -0.25) is 0 Å². The number of rotatable bonds is 1. The van der Waals surface area contributed by atoms with Gasteiger partial charge >= 0.3 is 6.09 Å². The lowest BCUT2D eigenvalue weighted by Crippen LogP contribution is -2.40. The molecular weight excluding hydrogens is 186 g/mol. The van der Waals surface area contributed by atoms with Crippen molar-refractivity contribution in [3.8, 4) is 0 Å². The van der Waals surface area contributed by atoms with Crippen LogP contribution >= 0.6 is 0 Å². The van der Waals surface area contributed by atoms with Gasteiger partial charge in [-0.2, -0.15) is 0 Å². The van der Waals surface area contributed by atoms with Crippen LogP contribution in [-0.2, 0) is 9.47 Å². The molecule has 2 aliphatic heterocycles. The van der Waals surface area contributed by atoms with Crippen molar-refractivity contribution in [2.24, 2.45) is 5.92 Å². The van der Waals surface area contributed by atoms with E-state index in [9.17, 15) is 4.79 Å². The number of amides is 1. The second-order valence-electron chi connectivity index (χ2n) is 3.72. The Morgan fingerprint density at radius 2 is 1.79 bits per heavy atom. The third kappa shape index (κ3) is 1.99. The largest absolute Gasteiger partial charge is 0.465 e. The van der Waals surface area contributed by atoms with Gasteiger partial charge in [-0.15, -0.1) is 0 Å². The van der Waals surface area contributed by atoms with Gasteiger partial charge in [0, 0.05) is 19.0 Å². The molecule has 5 nitrogen and oxygen atoms in total. The number of hydrogen-bond donors (Lipinski definition) is 1. The highest BCUT2D eigenvalue weighted by molar-refractivity contribution is 5.64. The van der Waals surface area contributed by atoms with E-state index in [0.29, 0.717) is 32.2 Å². The van der Waals surface area contributed by atoms with Crippen LogP contribution < -0.4 is 0 Å². The van der Waals surface area contributed by atoms with Crippen LogP contribution in [0.5, 0.6) is 0 Å². The number of ether oxygens (including phenoxy) is 2. The Morgan fingerprint density at radius 1 is 1.21 bits per heavy atom. The lowest BCUT2D eigenvalue weighted by atomic mass is 9.96. The number of hydrogen-bond acceptors (Lipinski definition) is 3. The maximum atomic E-state index is 10.6. The van der Waals surface area contributed by atoms with E-state index in [4.69, 9.17) is 14.6 Å². The zero-order valence-electron chi connectivity index (χ0n) is 8.02. The van der Waals surface area contributed by atoms with Crippen LogP contribution in [0.4, 0.5) is 4.79 Å². The van der Waals surface area contributed by atoms with E-state index < -0.39 is 6.09 Å². The first-order chi connectivity index (χ1) is 6.77. The van der Waals surface area contributed by atoms with Crippen LogP contribution in [0.25, 0.3) is 0 Å². The molecule has 1 N–H and O–H groups in total. The molecule has 0 radical (unpaired) electrons. The lowest BCUT2D eigenvalue weighted by Gasteiger charge is -2.32. The van der Waals surface area contributed by atoms with Gasteiger partial charge < -0.3 is 19.5 Å². The van der Waals surface area contributed by atoms with E-state index >= 15 is 0 Å². The normalized spacial score (nSPS) is 25.6. The highest BCUT2D eigenvalue weighted by Gasteiger charge is 2.31. The van der Waals surface area contributed by atoms with E-state index in [1.54, 1.807) is 0 Å². The molecule has 0 aromatic heterocycles. The minimum Gasteiger partial charge on any atom is -0.465 e. The summed E-state index contributed by atoms with van der Waals surface area (Å²) in [5.74, 6) is 0.369. The molecule has 0 aromatic rings.